The van der Waals surface area contributed by atoms with Crippen LogP contribution in [0, 0.1) is 17.7 Å². The van der Waals surface area contributed by atoms with Crippen LogP contribution in [0.5, 0.6) is 0 Å². The standard InChI is InChI=1S/C23H21F5O4S/c1-21(25,23(26,27)28)14-3-9-18-13(12-14)2-8-19-17(20(29)30)10-11-22(18,19)33(31,32)16-6-4-15(24)5-7-16/h3-7,9,12,17,19H,2,8,10-11H2,1H3,(H,29,30)/t17-,19+,21?,22-/m1/s1. The number of halogens is 5. The molecular formula is C23H21F5O4S. The average molecular weight is 488 g/mol. The van der Waals surface area contributed by atoms with Gasteiger partial charge in [-0.1, -0.05) is 18.2 Å². The first-order valence-electron chi connectivity index (χ1n) is 10.4. The third-order valence-corrected chi connectivity index (χ3v) is 9.77. The summed E-state index contributed by atoms with van der Waals surface area (Å²) in [4.78, 5) is 11.7. The number of alkyl halides is 4. The lowest BCUT2D eigenvalue weighted by molar-refractivity contribution is -0.228. The second kappa shape index (κ2) is 7.51. The Balaban J connectivity index is 1.94. The van der Waals surface area contributed by atoms with Crippen LogP contribution in [0.3, 0.4) is 0 Å². The van der Waals surface area contributed by atoms with Crippen LogP contribution in [-0.2, 0) is 31.5 Å². The van der Waals surface area contributed by atoms with E-state index in [1.54, 1.807) is 0 Å². The van der Waals surface area contributed by atoms with E-state index >= 15 is 0 Å². The molecule has 0 radical (unpaired) electrons. The molecule has 1 saturated carbocycles. The highest BCUT2D eigenvalue weighted by molar-refractivity contribution is 7.92. The molecule has 4 rings (SSSR count). The van der Waals surface area contributed by atoms with E-state index in [1.807, 2.05) is 0 Å². The average Bonchev–Trinajstić information content (AvgIpc) is 3.15. The Morgan fingerprint density at radius 3 is 2.27 bits per heavy atom. The lowest BCUT2D eigenvalue weighted by atomic mass is 9.72. The van der Waals surface area contributed by atoms with Crippen molar-refractivity contribution >= 4 is 15.8 Å². The molecule has 0 amide bonds. The Hall–Kier alpha value is -2.49. The van der Waals surface area contributed by atoms with E-state index in [0.717, 1.165) is 36.4 Å². The number of rotatable bonds is 4. The second-order valence-corrected chi connectivity index (χ2v) is 11.1. The number of carboxylic acids is 1. The van der Waals surface area contributed by atoms with Crippen molar-refractivity contribution in [1.82, 2.24) is 0 Å². The van der Waals surface area contributed by atoms with Gasteiger partial charge in [-0.05, 0) is 79.5 Å². The molecule has 2 aliphatic rings. The Morgan fingerprint density at radius 2 is 1.70 bits per heavy atom. The van der Waals surface area contributed by atoms with Gasteiger partial charge < -0.3 is 5.11 Å². The lowest BCUT2D eigenvalue weighted by Gasteiger charge is -2.42. The summed E-state index contributed by atoms with van der Waals surface area (Å²) in [5.74, 6) is -3.59. The van der Waals surface area contributed by atoms with Gasteiger partial charge in [-0.3, -0.25) is 4.79 Å². The van der Waals surface area contributed by atoms with Crippen LogP contribution in [0.15, 0.2) is 47.4 Å². The van der Waals surface area contributed by atoms with Crippen LogP contribution in [0.4, 0.5) is 22.0 Å². The monoisotopic (exact) mass is 488 g/mol. The number of aliphatic carboxylic acids is 1. The molecule has 33 heavy (non-hydrogen) atoms. The van der Waals surface area contributed by atoms with E-state index in [4.69, 9.17) is 0 Å². The van der Waals surface area contributed by atoms with Crippen molar-refractivity contribution in [2.24, 2.45) is 11.8 Å². The Morgan fingerprint density at radius 1 is 1.06 bits per heavy atom. The number of carbonyl (C=O) groups is 1. The largest absolute Gasteiger partial charge is 0.481 e. The number of aryl methyl sites for hydroxylation is 1. The maximum atomic E-state index is 14.6. The SMILES string of the molecule is CC(F)(c1ccc2c(c1)CC[C@H]1[C@H](C(=O)O)CC[C@@]21S(=O)(=O)c1ccc(F)cc1)C(F)(F)F. The Labute approximate surface area is 187 Å². The van der Waals surface area contributed by atoms with Gasteiger partial charge in [0.25, 0.3) is 0 Å². The second-order valence-electron chi connectivity index (χ2n) is 8.85. The first-order valence-corrected chi connectivity index (χ1v) is 11.8. The molecule has 4 nitrogen and oxygen atoms in total. The smallest absolute Gasteiger partial charge is 0.426 e. The molecule has 0 spiro atoms. The van der Waals surface area contributed by atoms with Crippen molar-refractivity contribution in [3.63, 3.8) is 0 Å². The van der Waals surface area contributed by atoms with E-state index < -0.39 is 55.6 Å². The highest BCUT2D eigenvalue weighted by Gasteiger charge is 2.62. The number of hydrogen-bond acceptors (Lipinski definition) is 3. The lowest BCUT2D eigenvalue weighted by Crippen LogP contribution is -2.45. The van der Waals surface area contributed by atoms with Crippen LogP contribution < -0.4 is 0 Å². The van der Waals surface area contributed by atoms with Crippen molar-refractivity contribution in [3.8, 4) is 0 Å². The third-order valence-electron chi connectivity index (χ3n) is 7.19. The van der Waals surface area contributed by atoms with Gasteiger partial charge in [-0.2, -0.15) is 13.2 Å². The molecule has 2 aromatic rings. The number of sulfone groups is 1. The number of benzene rings is 2. The molecule has 0 aliphatic heterocycles. The van der Waals surface area contributed by atoms with Gasteiger partial charge in [0, 0.05) is 0 Å². The molecule has 1 fully saturated rings. The molecule has 4 atom stereocenters. The van der Waals surface area contributed by atoms with Crippen LogP contribution >= 0.6 is 0 Å². The number of hydrogen-bond donors (Lipinski definition) is 1. The fraction of sp³-hybridized carbons (Fsp3) is 0.435. The summed E-state index contributed by atoms with van der Waals surface area (Å²) in [5, 5.41) is 9.71. The van der Waals surface area contributed by atoms with Gasteiger partial charge >= 0.3 is 12.1 Å². The van der Waals surface area contributed by atoms with Gasteiger partial charge in [-0.25, -0.2) is 17.2 Å². The fourth-order valence-corrected chi connectivity index (χ4v) is 7.90. The van der Waals surface area contributed by atoms with Gasteiger partial charge in [0.05, 0.1) is 10.8 Å². The minimum atomic E-state index is -5.17. The maximum absolute atomic E-state index is 14.6. The summed E-state index contributed by atoms with van der Waals surface area (Å²) in [6.07, 6.45) is -4.95. The van der Waals surface area contributed by atoms with Crippen molar-refractivity contribution in [2.75, 3.05) is 0 Å². The summed E-state index contributed by atoms with van der Waals surface area (Å²) in [6, 6.07) is 7.29. The first kappa shape index (κ1) is 23.7. The molecule has 1 N–H and O–H groups in total. The summed E-state index contributed by atoms with van der Waals surface area (Å²) < 4.78 is 93.9. The molecule has 0 saturated heterocycles. The predicted octanol–water partition coefficient (Wildman–Crippen LogP) is 5.30. The van der Waals surface area contributed by atoms with E-state index in [0.29, 0.717) is 6.92 Å². The van der Waals surface area contributed by atoms with Gasteiger partial charge in [0.2, 0.25) is 5.67 Å². The van der Waals surface area contributed by atoms with Gasteiger partial charge in [0.15, 0.2) is 9.84 Å². The molecule has 0 bridgehead atoms. The summed E-state index contributed by atoms with van der Waals surface area (Å²) in [5.41, 5.74) is -3.85. The Kier molecular flexibility index (Phi) is 5.39. The molecule has 2 aliphatic carbocycles. The first-order chi connectivity index (χ1) is 15.2. The quantitative estimate of drug-likeness (QED) is 0.469. The highest BCUT2D eigenvalue weighted by Crippen LogP contribution is 2.59. The zero-order valence-corrected chi connectivity index (χ0v) is 18.3. The third kappa shape index (κ3) is 3.36. The van der Waals surface area contributed by atoms with E-state index in [9.17, 15) is 40.3 Å². The summed E-state index contributed by atoms with van der Waals surface area (Å²) in [7, 11) is -4.28. The summed E-state index contributed by atoms with van der Waals surface area (Å²) >= 11 is 0. The Bertz CT molecular complexity index is 1200. The van der Waals surface area contributed by atoms with Crippen molar-refractivity contribution < 1.29 is 40.3 Å². The van der Waals surface area contributed by atoms with E-state index in [2.05, 4.69) is 0 Å². The maximum Gasteiger partial charge on any atom is 0.426 e. The van der Waals surface area contributed by atoms with Gasteiger partial charge in [0.1, 0.15) is 10.6 Å². The fourth-order valence-electron chi connectivity index (χ4n) is 5.43. The molecular weight excluding hydrogens is 467 g/mol. The molecule has 178 valence electrons. The van der Waals surface area contributed by atoms with Crippen LogP contribution in [-0.4, -0.2) is 25.7 Å². The molecule has 0 heterocycles. The minimum Gasteiger partial charge on any atom is -0.481 e. The number of fused-ring (bicyclic) bond motifs is 3. The van der Waals surface area contributed by atoms with E-state index in [1.165, 1.54) is 6.07 Å². The zero-order valence-electron chi connectivity index (χ0n) is 17.5. The van der Waals surface area contributed by atoms with Gasteiger partial charge in [-0.15, -0.1) is 0 Å². The highest BCUT2D eigenvalue weighted by atomic mass is 32.2. The van der Waals surface area contributed by atoms with E-state index in [-0.39, 0.29) is 41.7 Å². The molecule has 0 aromatic heterocycles. The molecule has 2 aromatic carbocycles. The number of carboxylic acid groups (broad SMARTS) is 1. The van der Waals surface area contributed by atoms with Crippen molar-refractivity contribution in [1.29, 1.82) is 0 Å². The molecule has 10 heteroatoms. The van der Waals surface area contributed by atoms with Crippen molar-refractivity contribution in [3.05, 3.63) is 65.0 Å². The summed E-state index contributed by atoms with van der Waals surface area (Å²) in [6.45, 7) is 0.404. The van der Waals surface area contributed by atoms with Crippen LogP contribution in [0.25, 0.3) is 0 Å². The predicted molar refractivity (Wildman–Crippen MR) is 108 cm³/mol. The zero-order chi connectivity index (χ0) is 24.4. The van der Waals surface area contributed by atoms with Crippen molar-refractivity contribution in [2.45, 2.75) is 54.1 Å². The molecule has 1 unspecified atom stereocenters. The van der Waals surface area contributed by atoms with Crippen LogP contribution in [0.1, 0.15) is 42.9 Å². The van der Waals surface area contributed by atoms with Crippen LogP contribution in [0.2, 0.25) is 0 Å². The minimum absolute atomic E-state index is 0.0605. The normalized spacial score (nSPS) is 26.8. The topological polar surface area (TPSA) is 71.4 Å².